The van der Waals surface area contributed by atoms with Gasteiger partial charge in [0.05, 0.1) is 31.3 Å². The third kappa shape index (κ3) is 2.59. The quantitative estimate of drug-likeness (QED) is 0.853. The maximum absolute atomic E-state index is 9.06. The van der Waals surface area contributed by atoms with Crippen molar-refractivity contribution in [2.45, 2.75) is 0 Å². The summed E-state index contributed by atoms with van der Waals surface area (Å²) < 4.78 is 1.98. The van der Waals surface area contributed by atoms with Crippen LogP contribution in [0.4, 0.5) is 11.4 Å². The fraction of sp³-hybridized carbons (Fsp3) is 0.455. The zero-order valence-corrected chi connectivity index (χ0v) is 12.4. The van der Waals surface area contributed by atoms with E-state index in [1.54, 1.807) is 0 Å². The molecule has 1 heterocycles. The highest BCUT2D eigenvalue weighted by molar-refractivity contribution is 9.13. The summed E-state index contributed by atoms with van der Waals surface area (Å²) in [5.41, 5.74) is 2.17. The number of hydrogen-bond acceptors (Lipinski definition) is 4. The van der Waals surface area contributed by atoms with Crippen LogP contribution >= 0.6 is 31.9 Å². The smallest absolute Gasteiger partial charge is 0.0906 e. The van der Waals surface area contributed by atoms with Gasteiger partial charge >= 0.3 is 0 Å². The van der Waals surface area contributed by atoms with Gasteiger partial charge < -0.3 is 20.0 Å². The van der Waals surface area contributed by atoms with Crippen molar-refractivity contribution in [3.05, 3.63) is 21.1 Å². The maximum Gasteiger partial charge on any atom is 0.0906 e. The van der Waals surface area contributed by atoms with Gasteiger partial charge in [-0.05, 0) is 44.0 Å². The van der Waals surface area contributed by atoms with Crippen molar-refractivity contribution in [1.82, 2.24) is 0 Å². The predicted octanol–water partition coefficient (Wildman–Crippen LogP) is 1.78. The van der Waals surface area contributed by atoms with E-state index in [9.17, 15) is 0 Å². The van der Waals surface area contributed by atoms with Crippen LogP contribution in [0.1, 0.15) is 0 Å². The molecule has 0 radical (unpaired) electrons. The SMILES string of the molecule is OCCN1CN(CCO)c2cc(Br)c(Br)cc21. The zero-order chi connectivity index (χ0) is 12.4. The molecule has 0 atom stereocenters. The largest absolute Gasteiger partial charge is 0.395 e. The lowest BCUT2D eigenvalue weighted by molar-refractivity contribution is 0.297. The van der Waals surface area contributed by atoms with Crippen LogP contribution < -0.4 is 9.80 Å². The number of hydrogen-bond donors (Lipinski definition) is 2. The zero-order valence-electron chi connectivity index (χ0n) is 9.24. The van der Waals surface area contributed by atoms with E-state index in [4.69, 9.17) is 10.2 Å². The van der Waals surface area contributed by atoms with Crippen LogP contribution in [0.25, 0.3) is 0 Å². The van der Waals surface area contributed by atoms with E-state index in [0.717, 1.165) is 20.3 Å². The number of nitrogens with zero attached hydrogens (tertiary/aromatic N) is 2. The van der Waals surface area contributed by atoms with Crippen LogP contribution in [0.5, 0.6) is 0 Å². The second-order valence-electron chi connectivity index (χ2n) is 3.87. The first-order valence-corrected chi connectivity index (χ1v) is 6.96. The standard InChI is InChI=1S/C11H14Br2N2O2/c12-8-5-10-11(6-9(8)13)15(2-4-17)7-14(10)1-3-16/h5-6,16-17H,1-4,7H2. The molecule has 4 nitrogen and oxygen atoms in total. The van der Waals surface area contributed by atoms with Crippen molar-refractivity contribution in [1.29, 1.82) is 0 Å². The molecule has 0 saturated carbocycles. The lowest BCUT2D eigenvalue weighted by Gasteiger charge is -2.20. The first-order chi connectivity index (χ1) is 8.17. The molecule has 0 spiro atoms. The molecule has 0 fully saturated rings. The maximum atomic E-state index is 9.06. The molecule has 0 saturated heterocycles. The minimum Gasteiger partial charge on any atom is -0.395 e. The van der Waals surface area contributed by atoms with Crippen LogP contribution in [0.2, 0.25) is 0 Å². The molecule has 1 aromatic carbocycles. The van der Waals surface area contributed by atoms with Crippen molar-refractivity contribution in [3.8, 4) is 0 Å². The molecule has 0 bridgehead atoms. The summed E-state index contributed by atoms with van der Waals surface area (Å²) in [5, 5.41) is 18.1. The molecular weight excluding hydrogens is 352 g/mol. The Bertz CT molecular complexity index is 378. The Morgan fingerprint density at radius 1 is 0.941 bits per heavy atom. The molecule has 0 amide bonds. The second-order valence-corrected chi connectivity index (χ2v) is 5.58. The molecule has 17 heavy (non-hydrogen) atoms. The summed E-state index contributed by atoms with van der Waals surface area (Å²) in [4.78, 5) is 4.20. The van der Waals surface area contributed by atoms with Crippen LogP contribution in [0.3, 0.4) is 0 Å². The number of rotatable bonds is 4. The highest BCUT2D eigenvalue weighted by Crippen LogP contribution is 2.41. The molecule has 94 valence electrons. The van der Waals surface area contributed by atoms with Gasteiger partial charge in [0, 0.05) is 22.0 Å². The van der Waals surface area contributed by atoms with Crippen LogP contribution in [0, 0.1) is 0 Å². The highest BCUT2D eigenvalue weighted by Gasteiger charge is 2.26. The third-order valence-corrected chi connectivity index (χ3v) is 4.62. The molecule has 2 N–H and O–H groups in total. The molecule has 0 aromatic heterocycles. The van der Waals surface area contributed by atoms with E-state index in [0.29, 0.717) is 19.8 Å². The lowest BCUT2D eigenvalue weighted by atomic mass is 10.2. The number of halogens is 2. The minimum atomic E-state index is 0.125. The van der Waals surface area contributed by atoms with Crippen molar-refractivity contribution >= 4 is 43.2 Å². The average molecular weight is 366 g/mol. The van der Waals surface area contributed by atoms with Crippen molar-refractivity contribution < 1.29 is 10.2 Å². The molecule has 0 unspecified atom stereocenters. The Kier molecular flexibility index (Phi) is 4.30. The average Bonchev–Trinajstić information content (AvgIpc) is 2.60. The van der Waals surface area contributed by atoms with Crippen molar-refractivity contribution in [2.75, 3.05) is 42.8 Å². The van der Waals surface area contributed by atoms with Crippen molar-refractivity contribution in [3.63, 3.8) is 0 Å². The number of fused-ring (bicyclic) bond motifs is 1. The van der Waals surface area contributed by atoms with Crippen LogP contribution in [-0.2, 0) is 0 Å². The van der Waals surface area contributed by atoms with Gasteiger partial charge in [0.15, 0.2) is 0 Å². The summed E-state index contributed by atoms with van der Waals surface area (Å²) >= 11 is 6.96. The Hall–Kier alpha value is -0.300. The number of anilines is 2. The molecule has 1 aliphatic rings. The molecule has 2 rings (SSSR count). The van der Waals surface area contributed by atoms with Gasteiger partial charge in [-0.2, -0.15) is 0 Å². The first-order valence-electron chi connectivity index (χ1n) is 5.38. The first kappa shape index (κ1) is 13.1. The van der Waals surface area contributed by atoms with Gasteiger partial charge in [-0.15, -0.1) is 0 Å². The van der Waals surface area contributed by atoms with E-state index in [1.807, 2.05) is 12.1 Å². The highest BCUT2D eigenvalue weighted by atomic mass is 79.9. The monoisotopic (exact) mass is 364 g/mol. The topological polar surface area (TPSA) is 46.9 Å². The summed E-state index contributed by atoms with van der Waals surface area (Å²) in [5.74, 6) is 0. The molecule has 6 heteroatoms. The normalized spacial score (nSPS) is 14.4. The Morgan fingerprint density at radius 2 is 1.35 bits per heavy atom. The number of β-amino-alcohol motifs (C(OH)–C–C–N with tert-alkyl or cyclic N) is 2. The van der Waals surface area contributed by atoms with Gasteiger partial charge in [0.1, 0.15) is 0 Å². The fourth-order valence-electron chi connectivity index (χ4n) is 2.01. The van der Waals surface area contributed by atoms with Crippen LogP contribution in [0.15, 0.2) is 21.1 Å². The fourth-order valence-corrected chi connectivity index (χ4v) is 2.68. The molecule has 1 aliphatic heterocycles. The van der Waals surface area contributed by atoms with Crippen molar-refractivity contribution in [2.24, 2.45) is 0 Å². The lowest BCUT2D eigenvalue weighted by Crippen LogP contribution is -2.34. The predicted molar refractivity (Wildman–Crippen MR) is 75.6 cm³/mol. The van der Waals surface area contributed by atoms with Crippen LogP contribution in [-0.4, -0.2) is 43.2 Å². The van der Waals surface area contributed by atoms with Gasteiger partial charge in [0.25, 0.3) is 0 Å². The van der Waals surface area contributed by atoms with E-state index in [1.165, 1.54) is 0 Å². The van der Waals surface area contributed by atoms with E-state index in [2.05, 4.69) is 41.7 Å². The number of aliphatic hydroxyl groups excluding tert-OH is 2. The molecule has 0 aliphatic carbocycles. The summed E-state index contributed by atoms with van der Waals surface area (Å²) in [7, 11) is 0. The Labute approximate surface area is 117 Å². The van der Waals surface area contributed by atoms with Gasteiger partial charge in [0.2, 0.25) is 0 Å². The summed E-state index contributed by atoms with van der Waals surface area (Å²) in [6, 6.07) is 4.07. The summed E-state index contributed by atoms with van der Waals surface area (Å²) in [6.45, 7) is 2.16. The summed E-state index contributed by atoms with van der Waals surface area (Å²) in [6.07, 6.45) is 0. The second kappa shape index (κ2) is 5.56. The van der Waals surface area contributed by atoms with E-state index >= 15 is 0 Å². The minimum absolute atomic E-state index is 0.125. The van der Waals surface area contributed by atoms with E-state index in [-0.39, 0.29) is 13.2 Å². The van der Waals surface area contributed by atoms with Gasteiger partial charge in [-0.25, -0.2) is 0 Å². The Morgan fingerprint density at radius 3 is 1.71 bits per heavy atom. The Balaban J connectivity index is 2.36. The van der Waals surface area contributed by atoms with Gasteiger partial charge in [-0.1, -0.05) is 0 Å². The number of benzene rings is 1. The number of aliphatic hydroxyl groups is 2. The molecular formula is C11H14Br2N2O2. The molecule has 1 aromatic rings. The van der Waals surface area contributed by atoms with E-state index < -0.39 is 0 Å². The van der Waals surface area contributed by atoms with Gasteiger partial charge in [-0.3, -0.25) is 0 Å². The third-order valence-electron chi connectivity index (χ3n) is 2.78.